The number of nitrogens with one attached hydrogen (secondary N) is 2. The van der Waals surface area contributed by atoms with Crippen LogP contribution in [0.3, 0.4) is 0 Å². The minimum absolute atomic E-state index is 0.00552. The van der Waals surface area contributed by atoms with Gasteiger partial charge in [0.25, 0.3) is 5.56 Å². The maximum atomic E-state index is 13.4. The van der Waals surface area contributed by atoms with Crippen molar-refractivity contribution in [2.75, 3.05) is 69.8 Å². The number of nitrogens with zero attached hydrogens (tertiary/aromatic N) is 6. The Bertz CT molecular complexity index is 2080. The van der Waals surface area contributed by atoms with Gasteiger partial charge in [-0.1, -0.05) is 0 Å². The van der Waals surface area contributed by atoms with E-state index in [-0.39, 0.29) is 23.8 Å². The number of anilines is 2. The van der Waals surface area contributed by atoms with Gasteiger partial charge in [-0.25, -0.2) is 4.79 Å². The largest absolute Gasteiger partial charge is 0.496 e. The Kier molecular flexibility index (Phi) is 10.1. The highest BCUT2D eigenvalue weighted by Gasteiger charge is 2.30. The zero-order valence-corrected chi connectivity index (χ0v) is 31.2. The number of amides is 4. The van der Waals surface area contributed by atoms with Crippen LogP contribution >= 0.6 is 0 Å². The molecule has 3 aliphatic heterocycles. The normalized spacial score (nSPS) is 17.4. The summed E-state index contributed by atoms with van der Waals surface area (Å²) in [4.78, 5) is 58.0. The Morgan fingerprint density at radius 3 is 2.26 bits per heavy atom. The third-order valence-electron chi connectivity index (χ3n) is 11.2. The molecular formula is C39H48N8O6. The van der Waals surface area contributed by atoms with Crippen LogP contribution in [0.1, 0.15) is 42.4 Å². The molecule has 0 unspecified atom stereocenters. The molecule has 2 aromatic carbocycles. The van der Waals surface area contributed by atoms with E-state index < -0.39 is 6.03 Å². The summed E-state index contributed by atoms with van der Waals surface area (Å²) in [5, 5.41) is 10.6. The first kappa shape index (κ1) is 36.0. The molecule has 0 aliphatic carbocycles. The van der Waals surface area contributed by atoms with Gasteiger partial charge in [-0.3, -0.25) is 34.6 Å². The Morgan fingerprint density at radius 1 is 0.906 bits per heavy atom. The quantitative estimate of drug-likeness (QED) is 0.262. The van der Waals surface area contributed by atoms with Gasteiger partial charge in [0.15, 0.2) is 5.82 Å². The van der Waals surface area contributed by atoms with Crippen molar-refractivity contribution in [2.45, 2.75) is 46.1 Å². The molecule has 3 fully saturated rings. The zero-order valence-electron chi connectivity index (χ0n) is 31.2. The highest BCUT2D eigenvalue weighted by atomic mass is 16.5. The second-order valence-electron chi connectivity index (χ2n) is 14.4. The molecule has 4 aromatic rings. The number of rotatable bonds is 9. The van der Waals surface area contributed by atoms with Crippen molar-refractivity contribution in [1.29, 1.82) is 0 Å². The molecule has 7 rings (SSSR count). The number of aromatic nitrogens is 3. The van der Waals surface area contributed by atoms with Gasteiger partial charge in [0.2, 0.25) is 11.8 Å². The third-order valence-corrected chi connectivity index (χ3v) is 11.2. The van der Waals surface area contributed by atoms with Crippen molar-refractivity contribution >= 4 is 40.3 Å². The van der Waals surface area contributed by atoms with E-state index >= 15 is 0 Å². The predicted octanol–water partition coefficient (Wildman–Crippen LogP) is 3.96. The number of aromatic amines is 1. The van der Waals surface area contributed by atoms with Crippen LogP contribution in [0.4, 0.5) is 16.3 Å². The lowest BCUT2D eigenvalue weighted by molar-refractivity contribution is -0.134. The van der Waals surface area contributed by atoms with Gasteiger partial charge in [-0.05, 0) is 74.1 Å². The lowest BCUT2D eigenvalue weighted by atomic mass is 9.92. The van der Waals surface area contributed by atoms with Gasteiger partial charge in [-0.2, -0.15) is 5.10 Å². The first-order valence-electron chi connectivity index (χ1n) is 18.3. The highest BCUT2D eigenvalue weighted by molar-refractivity contribution is 6.09. The summed E-state index contributed by atoms with van der Waals surface area (Å²) >= 11 is 0. The number of imide groups is 1. The Labute approximate surface area is 308 Å². The molecule has 0 spiro atoms. The minimum atomic E-state index is -0.453. The summed E-state index contributed by atoms with van der Waals surface area (Å²) in [5.74, 6) is 2.27. The molecule has 2 N–H and O–H groups in total. The number of hydrogen-bond acceptors (Lipinski definition) is 9. The van der Waals surface area contributed by atoms with E-state index in [1.54, 1.807) is 25.8 Å². The number of piperazine rings is 1. The fourth-order valence-corrected chi connectivity index (χ4v) is 7.87. The molecule has 0 saturated carbocycles. The van der Waals surface area contributed by atoms with Gasteiger partial charge in [0.05, 0.1) is 25.3 Å². The summed E-state index contributed by atoms with van der Waals surface area (Å²) in [6, 6.07) is 9.66. The fourth-order valence-electron chi connectivity index (χ4n) is 7.87. The number of benzene rings is 2. The Balaban J connectivity index is 0.918. The van der Waals surface area contributed by atoms with Crippen molar-refractivity contribution in [2.24, 2.45) is 13.0 Å². The SMILES string of the molecule is COc1cc(-c2cn(C)c(=O)c(C)c2C)cc(OC)c1CN1CCN(C(=O)CC2CCN(c3ccc4c(N5CCC(=O)NC5=O)n[nH]c4c3)CC2)CC1. The number of H-pyrrole nitrogens is 1. The first-order chi connectivity index (χ1) is 25.5. The average molecular weight is 725 g/mol. The number of pyridine rings is 1. The molecule has 14 heteroatoms. The van der Waals surface area contributed by atoms with E-state index in [4.69, 9.17) is 9.47 Å². The Morgan fingerprint density at radius 2 is 1.60 bits per heavy atom. The second kappa shape index (κ2) is 14.9. The molecular weight excluding hydrogens is 676 g/mol. The Hall–Kier alpha value is -5.37. The lowest BCUT2D eigenvalue weighted by Gasteiger charge is -2.37. The predicted molar refractivity (Wildman–Crippen MR) is 203 cm³/mol. The number of aryl methyl sites for hydroxylation is 1. The van der Waals surface area contributed by atoms with Crippen LogP contribution in [0.15, 0.2) is 41.3 Å². The van der Waals surface area contributed by atoms with Crippen LogP contribution in [0.25, 0.3) is 22.0 Å². The van der Waals surface area contributed by atoms with Crippen molar-refractivity contribution in [1.82, 2.24) is 29.9 Å². The number of hydrogen-bond donors (Lipinski definition) is 2. The van der Waals surface area contributed by atoms with Crippen LogP contribution < -0.4 is 30.1 Å². The summed E-state index contributed by atoms with van der Waals surface area (Å²) in [6.45, 7) is 9.35. The molecule has 14 nitrogen and oxygen atoms in total. The van der Waals surface area contributed by atoms with Gasteiger partial charge in [0.1, 0.15) is 11.5 Å². The monoisotopic (exact) mass is 724 g/mol. The fraction of sp³-hybridized carbons (Fsp3) is 0.462. The van der Waals surface area contributed by atoms with Crippen molar-refractivity contribution in [3.05, 3.63) is 63.6 Å². The number of urea groups is 1. The number of fused-ring (bicyclic) bond motifs is 1. The summed E-state index contributed by atoms with van der Waals surface area (Å²) < 4.78 is 13.4. The third kappa shape index (κ3) is 7.19. The maximum Gasteiger partial charge on any atom is 0.329 e. The lowest BCUT2D eigenvalue weighted by Crippen LogP contribution is -2.49. The smallest absolute Gasteiger partial charge is 0.329 e. The second-order valence-corrected chi connectivity index (χ2v) is 14.4. The van der Waals surface area contributed by atoms with E-state index in [0.717, 1.165) is 94.9 Å². The van der Waals surface area contributed by atoms with Crippen molar-refractivity contribution < 1.29 is 23.9 Å². The maximum absolute atomic E-state index is 13.4. The molecule has 53 heavy (non-hydrogen) atoms. The molecule has 0 radical (unpaired) electrons. The van der Waals surface area contributed by atoms with E-state index in [1.807, 2.05) is 49.2 Å². The van der Waals surface area contributed by atoms with E-state index in [0.29, 0.717) is 44.3 Å². The molecule has 3 aliphatic rings. The summed E-state index contributed by atoms with van der Waals surface area (Å²) in [7, 11) is 5.10. The molecule has 4 amide bonds. The van der Waals surface area contributed by atoms with E-state index in [2.05, 4.69) is 31.4 Å². The topological polar surface area (TPSA) is 145 Å². The standard InChI is InChI=1S/C39H48N8O6/c1-24-25(2)38(50)43(3)22-30(24)27-19-33(52-4)31(34(20-27)53-5)23-44-14-16-46(17-15-44)36(49)18-26-8-11-45(12-9-26)28-6-7-29-32(21-28)41-42-37(29)47-13-10-35(48)40-39(47)51/h6-7,19-22,26H,8-18,23H2,1-5H3,(H,41,42)(H,40,48,51). The number of carbonyl (C=O) groups is 3. The van der Waals surface area contributed by atoms with Crippen LogP contribution in [0, 0.1) is 19.8 Å². The number of carbonyl (C=O) groups excluding carboxylic acids is 3. The molecule has 0 bridgehead atoms. The van der Waals surface area contributed by atoms with Crippen LogP contribution in [-0.2, 0) is 23.2 Å². The van der Waals surface area contributed by atoms with E-state index in [1.165, 1.54) is 4.90 Å². The molecule has 2 aromatic heterocycles. The van der Waals surface area contributed by atoms with Crippen molar-refractivity contribution in [3.8, 4) is 22.6 Å². The molecule has 3 saturated heterocycles. The number of methoxy groups -OCH3 is 2. The van der Waals surface area contributed by atoms with Gasteiger partial charge in [0, 0.05) is 101 Å². The molecule has 0 atom stereocenters. The van der Waals surface area contributed by atoms with Crippen LogP contribution in [-0.4, -0.2) is 102 Å². The zero-order chi connectivity index (χ0) is 37.4. The first-order valence-corrected chi connectivity index (χ1v) is 18.3. The van der Waals surface area contributed by atoms with Gasteiger partial charge >= 0.3 is 6.03 Å². The number of ether oxygens (including phenoxy) is 2. The van der Waals surface area contributed by atoms with E-state index in [9.17, 15) is 19.2 Å². The van der Waals surface area contributed by atoms with Gasteiger partial charge in [-0.15, -0.1) is 0 Å². The summed E-state index contributed by atoms with van der Waals surface area (Å²) in [6.07, 6.45) is 4.54. The summed E-state index contributed by atoms with van der Waals surface area (Å²) in [5.41, 5.74) is 6.41. The highest BCUT2D eigenvalue weighted by Crippen LogP contribution is 2.38. The van der Waals surface area contributed by atoms with Crippen molar-refractivity contribution in [3.63, 3.8) is 0 Å². The molecule has 5 heterocycles. The van der Waals surface area contributed by atoms with Crippen LogP contribution in [0.2, 0.25) is 0 Å². The minimum Gasteiger partial charge on any atom is -0.496 e. The van der Waals surface area contributed by atoms with Gasteiger partial charge < -0.3 is 23.8 Å². The average Bonchev–Trinajstić information content (AvgIpc) is 3.59. The van der Waals surface area contributed by atoms with Crippen LogP contribution in [0.5, 0.6) is 11.5 Å². The number of piperidine rings is 1. The molecule has 280 valence electrons.